The highest BCUT2D eigenvalue weighted by molar-refractivity contribution is 9.10. The summed E-state index contributed by atoms with van der Waals surface area (Å²) in [6.45, 7) is 0. The largest absolute Gasteiger partial charge is 0.504 e. The molecule has 4 nitrogen and oxygen atoms in total. The third kappa shape index (κ3) is 3.29. The second kappa shape index (κ2) is 6.30. The summed E-state index contributed by atoms with van der Waals surface area (Å²) in [6, 6.07) is 12.1. The number of methoxy groups -OCH3 is 1. The zero-order chi connectivity index (χ0) is 16.4. The van der Waals surface area contributed by atoms with E-state index in [2.05, 4.69) is 15.9 Å². The normalized spacial score (nSPS) is 11.2. The van der Waals surface area contributed by atoms with Gasteiger partial charge in [-0.1, -0.05) is 28.1 Å². The summed E-state index contributed by atoms with van der Waals surface area (Å²) < 4.78 is 11.5. The number of phenols is 1. The Morgan fingerprint density at radius 3 is 2.83 bits per heavy atom. The summed E-state index contributed by atoms with van der Waals surface area (Å²) in [4.78, 5) is 12.2. The first-order chi connectivity index (χ1) is 11.1. The van der Waals surface area contributed by atoms with Gasteiger partial charge < -0.3 is 14.3 Å². The molecule has 5 heteroatoms. The molecule has 116 valence electrons. The van der Waals surface area contributed by atoms with Crippen molar-refractivity contribution in [3.8, 4) is 11.5 Å². The van der Waals surface area contributed by atoms with E-state index in [0.29, 0.717) is 11.3 Å². The first-order valence-electron chi connectivity index (χ1n) is 6.85. The van der Waals surface area contributed by atoms with Crippen LogP contribution in [0.4, 0.5) is 0 Å². The zero-order valence-corrected chi connectivity index (χ0v) is 13.8. The van der Waals surface area contributed by atoms with E-state index in [1.54, 1.807) is 24.3 Å². The fourth-order valence-corrected chi connectivity index (χ4v) is 2.57. The molecule has 3 rings (SSSR count). The Morgan fingerprint density at radius 1 is 1.22 bits per heavy atom. The van der Waals surface area contributed by atoms with Gasteiger partial charge in [0.1, 0.15) is 5.58 Å². The second-order valence-corrected chi connectivity index (χ2v) is 5.84. The van der Waals surface area contributed by atoms with Gasteiger partial charge in [-0.15, -0.1) is 0 Å². The topological polar surface area (TPSA) is 59.7 Å². The standard InChI is InChI=1S/C18H13BrO4/c1-22-17-8-11(2-5-14(17)20)3-6-15(21)18-10-12-9-13(19)4-7-16(12)23-18/h2-10,20H,1H3. The van der Waals surface area contributed by atoms with Gasteiger partial charge in [-0.2, -0.15) is 0 Å². The smallest absolute Gasteiger partial charge is 0.221 e. The summed E-state index contributed by atoms with van der Waals surface area (Å²) in [6.07, 6.45) is 3.08. The molecule has 0 fully saturated rings. The van der Waals surface area contributed by atoms with Crippen LogP contribution in [0.2, 0.25) is 0 Å². The number of aromatic hydroxyl groups is 1. The molecule has 3 aromatic rings. The Bertz CT molecular complexity index is 909. The summed E-state index contributed by atoms with van der Waals surface area (Å²) in [5.41, 5.74) is 1.41. The van der Waals surface area contributed by atoms with Crippen molar-refractivity contribution in [2.24, 2.45) is 0 Å². The van der Waals surface area contributed by atoms with E-state index in [9.17, 15) is 9.90 Å². The summed E-state index contributed by atoms with van der Waals surface area (Å²) in [5, 5.41) is 10.4. The number of furan rings is 1. The molecule has 0 aliphatic carbocycles. The highest BCUT2D eigenvalue weighted by Gasteiger charge is 2.10. The van der Waals surface area contributed by atoms with Crippen molar-refractivity contribution in [2.75, 3.05) is 7.11 Å². The Hall–Kier alpha value is -2.53. The number of phenolic OH excluding ortho intramolecular Hbond substituents is 1. The molecule has 0 bridgehead atoms. The summed E-state index contributed by atoms with van der Waals surface area (Å²) in [5.74, 6) is 0.455. The number of hydrogen-bond donors (Lipinski definition) is 1. The van der Waals surface area contributed by atoms with E-state index in [1.165, 1.54) is 19.3 Å². The Labute approximate surface area is 141 Å². The maximum absolute atomic E-state index is 12.2. The maximum Gasteiger partial charge on any atom is 0.221 e. The minimum Gasteiger partial charge on any atom is -0.504 e. The highest BCUT2D eigenvalue weighted by atomic mass is 79.9. The van der Waals surface area contributed by atoms with Gasteiger partial charge in [-0.25, -0.2) is 0 Å². The van der Waals surface area contributed by atoms with Crippen LogP contribution in [0.15, 0.2) is 57.4 Å². The molecule has 1 aromatic heterocycles. The lowest BCUT2D eigenvalue weighted by atomic mass is 10.1. The number of ether oxygens (including phenoxy) is 1. The lowest BCUT2D eigenvalue weighted by molar-refractivity contribution is 0.102. The van der Waals surface area contributed by atoms with Crippen LogP contribution in [0.3, 0.4) is 0 Å². The van der Waals surface area contributed by atoms with Gasteiger partial charge in [0.05, 0.1) is 7.11 Å². The van der Waals surface area contributed by atoms with Gasteiger partial charge in [0.2, 0.25) is 5.78 Å². The summed E-state index contributed by atoms with van der Waals surface area (Å²) in [7, 11) is 1.47. The van der Waals surface area contributed by atoms with E-state index in [1.807, 2.05) is 18.2 Å². The lowest BCUT2D eigenvalue weighted by Crippen LogP contribution is -1.90. The monoisotopic (exact) mass is 372 g/mol. The quantitative estimate of drug-likeness (QED) is 0.527. The van der Waals surface area contributed by atoms with Crippen molar-refractivity contribution in [1.82, 2.24) is 0 Å². The van der Waals surface area contributed by atoms with Crippen LogP contribution >= 0.6 is 15.9 Å². The van der Waals surface area contributed by atoms with E-state index < -0.39 is 0 Å². The van der Waals surface area contributed by atoms with Crippen LogP contribution in [0.1, 0.15) is 16.1 Å². The van der Waals surface area contributed by atoms with E-state index in [0.717, 1.165) is 15.4 Å². The van der Waals surface area contributed by atoms with E-state index >= 15 is 0 Å². The van der Waals surface area contributed by atoms with Crippen LogP contribution < -0.4 is 4.74 Å². The van der Waals surface area contributed by atoms with Crippen molar-refractivity contribution in [3.63, 3.8) is 0 Å². The molecule has 0 saturated carbocycles. The predicted octanol–water partition coefficient (Wildman–Crippen LogP) is 4.81. The molecular formula is C18H13BrO4. The first kappa shape index (κ1) is 15.4. The number of carbonyl (C=O) groups is 1. The average molecular weight is 373 g/mol. The van der Waals surface area contributed by atoms with E-state index in [-0.39, 0.29) is 17.3 Å². The van der Waals surface area contributed by atoms with Gasteiger partial charge in [-0.05, 0) is 48.0 Å². The Balaban J connectivity index is 1.85. The molecule has 0 saturated heterocycles. The zero-order valence-electron chi connectivity index (χ0n) is 12.2. The van der Waals surface area contributed by atoms with Crippen LogP contribution in [0.5, 0.6) is 11.5 Å². The number of carbonyl (C=O) groups excluding carboxylic acids is 1. The number of ketones is 1. The molecule has 1 heterocycles. The number of benzene rings is 2. The lowest BCUT2D eigenvalue weighted by Gasteiger charge is -2.03. The second-order valence-electron chi connectivity index (χ2n) is 4.92. The minimum atomic E-state index is -0.232. The molecule has 0 amide bonds. The van der Waals surface area contributed by atoms with Gasteiger partial charge in [0.15, 0.2) is 17.3 Å². The molecule has 2 aromatic carbocycles. The van der Waals surface area contributed by atoms with Crippen molar-refractivity contribution >= 4 is 38.8 Å². The van der Waals surface area contributed by atoms with Crippen LogP contribution in [-0.2, 0) is 0 Å². The SMILES string of the molecule is COc1cc(C=CC(=O)c2cc3cc(Br)ccc3o2)ccc1O. The molecule has 23 heavy (non-hydrogen) atoms. The van der Waals surface area contributed by atoms with Gasteiger partial charge >= 0.3 is 0 Å². The molecule has 0 radical (unpaired) electrons. The third-order valence-corrected chi connectivity index (χ3v) is 3.85. The Kier molecular flexibility index (Phi) is 4.21. The number of halogens is 1. The van der Waals surface area contributed by atoms with Crippen molar-refractivity contribution < 1.29 is 19.1 Å². The maximum atomic E-state index is 12.2. The number of fused-ring (bicyclic) bond motifs is 1. The number of hydrogen-bond acceptors (Lipinski definition) is 4. The molecular weight excluding hydrogens is 360 g/mol. The fraction of sp³-hybridized carbons (Fsp3) is 0.0556. The van der Waals surface area contributed by atoms with Gasteiger partial charge in [0.25, 0.3) is 0 Å². The molecule has 0 atom stereocenters. The van der Waals surface area contributed by atoms with Crippen LogP contribution in [-0.4, -0.2) is 18.0 Å². The molecule has 0 aliphatic heterocycles. The van der Waals surface area contributed by atoms with Crippen molar-refractivity contribution in [3.05, 3.63) is 64.3 Å². The van der Waals surface area contributed by atoms with Crippen molar-refractivity contribution in [2.45, 2.75) is 0 Å². The average Bonchev–Trinajstić information content (AvgIpc) is 2.97. The third-order valence-electron chi connectivity index (χ3n) is 3.35. The molecule has 0 aliphatic rings. The predicted molar refractivity (Wildman–Crippen MR) is 91.9 cm³/mol. The van der Waals surface area contributed by atoms with Gasteiger partial charge in [0, 0.05) is 9.86 Å². The van der Waals surface area contributed by atoms with Gasteiger partial charge in [-0.3, -0.25) is 4.79 Å². The Morgan fingerprint density at radius 2 is 2.04 bits per heavy atom. The van der Waals surface area contributed by atoms with Crippen molar-refractivity contribution in [1.29, 1.82) is 0 Å². The first-order valence-corrected chi connectivity index (χ1v) is 7.64. The van der Waals surface area contributed by atoms with Crippen LogP contribution in [0, 0.1) is 0 Å². The van der Waals surface area contributed by atoms with Crippen LogP contribution in [0.25, 0.3) is 17.0 Å². The minimum absolute atomic E-state index is 0.0545. The fourth-order valence-electron chi connectivity index (χ4n) is 2.19. The highest BCUT2D eigenvalue weighted by Crippen LogP contribution is 2.27. The number of allylic oxidation sites excluding steroid dienone is 1. The molecule has 1 N–H and O–H groups in total. The molecule has 0 spiro atoms. The number of rotatable bonds is 4. The molecule has 0 unspecified atom stereocenters. The summed E-state index contributed by atoms with van der Waals surface area (Å²) >= 11 is 3.39. The van der Waals surface area contributed by atoms with E-state index in [4.69, 9.17) is 9.15 Å².